The third kappa shape index (κ3) is 2.31. The molecule has 1 aromatic heterocycles. The SMILES string of the molecule is CCCOc1ccc2nc(CN)ccc2c1. The van der Waals surface area contributed by atoms with E-state index in [1.165, 1.54) is 0 Å². The number of pyridine rings is 1. The van der Waals surface area contributed by atoms with Crippen LogP contribution in [-0.4, -0.2) is 11.6 Å². The van der Waals surface area contributed by atoms with Crippen molar-refractivity contribution in [1.82, 2.24) is 4.98 Å². The lowest BCUT2D eigenvalue weighted by Crippen LogP contribution is -1.99. The minimum absolute atomic E-state index is 0.476. The Morgan fingerprint density at radius 1 is 1.25 bits per heavy atom. The molecule has 0 saturated heterocycles. The highest BCUT2D eigenvalue weighted by Gasteiger charge is 1.99. The molecule has 0 atom stereocenters. The van der Waals surface area contributed by atoms with Crippen molar-refractivity contribution < 1.29 is 4.74 Å². The smallest absolute Gasteiger partial charge is 0.120 e. The van der Waals surface area contributed by atoms with Crippen LogP contribution in [0.2, 0.25) is 0 Å². The predicted octanol–water partition coefficient (Wildman–Crippen LogP) is 2.48. The van der Waals surface area contributed by atoms with Crippen LogP contribution in [0.5, 0.6) is 5.75 Å². The van der Waals surface area contributed by atoms with Crippen LogP contribution in [0.25, 0.3) is 10.9 Å². The second kappa shape index (κ2) is 4.94. The van der Waals surface area contributed by atoms with Gasteiger partial charge in [0.15, 0.2) is 0 Å². The second-order valence-corrected chi connectivity index (χ2v) is 3.71. The van der Waals surface area contributed by atoms with E-state index in [0.29, 0.717) is 6.54 Å². The van der Waals surface area contributed by atoms with Crippen LogP contribution < -0.4 is 10.5 Å². The number of rotatable bonds is 4. The lowest BCUT2D eigenvalue weighted by atomic mass is 10.2. The van der Waals surface area contributed by atoms with Gasteiger partial charge < -0.3 is 10.5 Å². The number of aromatic nitrogens is 1. The van der Waals surface area contributed by atoms with E-state index in [1.807, 2.05) is 30.3 Å². The largest absolute Gasteiger partial charge is 0.494 e. The van der Waals surface area contributed by atoms with Gasteiger partial charge in [0, 0.05) is 11.9 Å². The Kier molecular flexibility index (Phi) is 3.37. The Balaban J connectivity index is 2.32. The number of fused-ring (bicyclic) bond motifs is 1. The van der Waals surface area contributed by atoms with Gasteiger partial charge in [0.2, 0.25) is 0 Å². The Bertz CT molecular complexity index is 482. The fraction of sp³-hybridized carbons (Fsp3) is 0.308. The van der Waals surface area contributed by atoms with Crippen molar-refractivity contribution in [3.63, 3.8) is 0 Å². The highest BCUT2D eigenvalue weighted by molar-refractivity contribution is 5.80. The highest BCUT2D eigenvalue weighted by atomic mass is 16.5. The molecular formula is C13H16N2O. The van der Waals surface area contributed by atoms with Crippen molar-refractivity contribution in [2.24, 2.45) is 5.73 Å². The molecule has 0 radical (unpaired) electrons. The molecule has 16 heavy (non-hydrogen) atoms. The van der Waals surface area contributed by atoms with E-state index in [-0.39, 0.29) is 0 Å². The number of ether oxygens (including phenoxy) is 1. The van der Waals surface area contributed by atoms with Gasteiger partial charge in [-0.1, -0.05) is 13.0 Å². The number of benzene rings is 1. The van der Waals surface area contributed by atoms with E-state index in [4.69, 9.17) is 10.5 Å². The summed E-state index contributed by atoms with van der Waals surface area (Å²) in [5.74, 6) is 0.900. The molecule has 0 aliphatic carbocycles. The van der Waals surface area contributed by atoms with Crippen LogP contribution in [0.4, 0.5) is 0 Å². The van der Waals surface area contributed by atoms with Crippen molar-refractivity contribution in [1.29, 1.82) is 0 Å². The van der Waals surface area contributed by atoms with Crippen LogP contribution >= 0.6 is 0 Å². The van der Waals surface area contributed by atoms with Gasteiger partial charge in [-0.15, -0.1) is 0 Å². The van der Waals surface area contributed by atoms with Crippen molar-refractivity contribution in [3.05, 3.63) is 36.0 Å². The van der Waals surface area contributed by atoms with Crippen LogP contribution in [-0.2, 0) is 6.54 Å². The van der Waals surface area contributed by atoms with Crippen LogP contribution in [0.15, 0.2) is 30.3 Å². The molecule has 1 aromatic carbocycles. The fourth-order valence-electron chi connectivity index (χ4n) is 1.57. The lowest BCUT2D eigenvalue weighted by molar-refractivity contribution is 0.318. The summed E-state index contributed by atoms with van der Waals surface area (Å²) in [5, 5.41) is 1.09. The number of hydrogen-bond acceptors (Lipinski definition) is 3. The molecule has 0 aliphatic rings. The molecule has 84 valence electrons. The van der Waals surface area contributed by atoms with E-state index in [2.05, 4.69) is 11.9 Å². The maximum absolute atomic E-state index is 5.57. The maximum atomic E-state index is 5.57. The first-order valence-corrected chi connectivity index (χ1v) is 5.56. The van der Waals surface area contributed by atoms with Crippen molar-refractivity contribution in [2.75, 3.05) is 6.61 Å². The van der Waals surface area contributed by atoms with E-state index in [9.17, 15) is 0 Å². The molecule has 2 aromatic rings. The minimum atomic E-state index is 0.476. The summed E-state index contributed by atoms with van der Waals surface area (Å²) in [5.41, 5.74) is 7.43. The third-order valence-electron chi connectivity index (χ3n) is 2.40. The molecule has 0 fully saturated rings. The standard InChI is InChI=1S/C13H16N2O/c1-2-7-16-12-5-6-13-10(8-12)3-4-11(9-14)15-13/h3-6,8H,2,7,9,14H2,1H3. The first-order chi connectivity index (χ1) is 7.83. The molecule has 0 saturated carbocycles. The van der Waals surface area contributed by atoms with Crippen molar-refractivity contribution >= 4 is 10.9 Å². The maximum Gasteiger partial charge on any atom is 0.120 e. The summed E-state index contributed by atoms with van der Waals surface area (Å²) >= 11 is 0. The highest BCUT2D eigenvalue weighted by Crippen LogP contribution is 2.19. The van der Waals surface area contributed by atoms with Gasteiger partial charge in [0.25, 0.3) is 0 Å². The van der Waals surface area contributed by atoms with Crippen LogP contribution in [0.3, 0.4) is 0 Å². The van der Waals surface area contributed by atoms with Gasteiger partial charge in [0.1, 0.15) is 5.75 Å². The quantitative estimate of drug-likeness (QED) is 0.854. The number of hydrogen-bond donors (Lipinski definition) is 1. The van der Waals surface area contributed by atoms with E-state index in [1.54, 1.807) is 0 Å². The summed E-state index contributed by atoms with van der Waals surface area (Å²) in [7, 11) is 0. The zero-order valence-corrected chi connectivity index (χ0v) is 9.44. The number of nitrogens with two attached hydrogens (primary N) is 1. The minimum Gasteiger partial charge on any atom is -0.494 e. The summed E-state index contributed by atoms with van der Waals surface area (Å²) in [6, 6.07) is 9.92. The molecule has 0 bridgehead atoms. The molecule has 2 rings (SSSR count). The van der Waals surface area contributed by atoms with Gasteiger partial charge in [-0.25, -0.2) is 0 Å². The molecule has 2 N–H and O–H groups in total. The molecule has 0 aliphatic heterocycles. The van der Waals surface area contributed by atoms with E-state index < -0.39 is 0 Å². The molecule has 3 heteroatoms. The monoisotopic (exact) mass is 216 g/mol. The topological polar surface area (TPSA) is 48.1 Å². The zero-order valence-electron chi connectivity index (χ0n) is 9.44. The fourth-order valence-corrected chi connectivity index (χ4v) is 1.57. The Morgan fingerprint density at radius 3 is 2.88 bits per heavy atom. The Hall–Kier alpha value is -1.61. The normalized spacial score (nSPS) is 10.6. The Morgan fingerprint density at radius 2 is 2.12 bits per heavy atom. The molecule has 0 amide bonds. The molecule has 3 nitrogen and oxygen atoms in total. The van der Waals surface area contributed by atoms with Crippen LogP contribution in [0, 0.1) is 0 Å². The predicted molar refractivity (Wildman–Crippen MR) is 65.4 cm³/mol. The summed E-state index contributed by atoms with van der Waals surface area (Å²) in [4.78, 5) is 4.43. The van der Waals surface area contributed by atoms with Crippen molar-refractivity contribution in [3.8, 4) is 5.75 Å². The van der Waals surface area contributed by atoms with Crippen molar-refractivity contribution in [2.45, 2.75) is 19.9 Å². The summed E-state index contributed by atoms with van der Waals surface area (Å²) in [6.07, 6.45) is 1.02. The average molecular weight is 216 g/mol. The summed E-state index contributed by atoms with van der Waals surface area (Å²) < 4.78 is 5.57. The second-order valence-electron chi connectivity index (χ2n) is 3.71. The third-order valence-corrected chi connectivity index (χ3v) is 2.40. The van der Waals surface area contributed by atoms with Crippen LogP contribution in [0.1, 0.15) is 19.0 Å². The zero-order chi connectivity index (χ0) is 11.4. The van der Waals surface area contributed by atoms with Gasteiger partial charge in [-0.05, 0) is 30.7 Å². The Labute approximate surface area is 95.2 Å². The molecule has 1 heterocycles. The number of nitrogens with zero attached hydrogens (tertiary/aromatic N) is 1. The average Bonchev–Trinajstić information content (AvgIpc) is 2.35. The molecule has 0 spiro atoms. The van der Waals surface area contributed by atoms with Gasteiger partial charge in [-0.2, -0.15) is 0 Å². The first kappa shape index (κ1) is 10.9. The lowest BCUT2D eigenvalue weighted by Gasteiger charge is -2.06. The van der Waals surface area contributed by atoms with E-state index >= 15 is 0 Å². The van der Waals surface area contributed by atoms with Gasteiger partial charge in [-0.3, -0.25) is 4.98 Å². The first-order valence-electron chi connectivity index (χ1n) is 5.56. The van der Waals surface area contributed by atoms with E-state index in [0.717, 1.165) is 35.4 Å². The van der Waals surface area contributed by atoms with Gasteiger partial charge >= 0.3 is 0 Å². The molecule has 0 unspecified atom stereocenters. The molecular weight excluding hydrogens is 200 g/mol. The van der Waals surface area contributed by atoms with Gasteiger partial charge in [0.05, 0.1) is 17.8 Å². The summed E-state index contributed by atoms with van der Waals surface area (Å²) in [6.45, 7) is 3.32.